The molecule has 0 bridgehead atoms. The summed E-state index contributed by atoms with van der Waals surface area (Å²) in [4.78, 5) is 3.37. The first-order chi connectivity index (χ1) is 7.01. The minimum absolute atomic E-state index is 0.177. The van der Waals surface area contributed by atoms with Crippen LogP contribution in [0.3, 0.4) is 0 Å². The summed E-state index contributed by atoms with van der Waals surface area (Å²) < 4.78 is 0. The van der Waals surface area contributed by atoms with Crippen LogP contribution >= 0.6 is 0 Å². The van der Waals surface area contributed by atoms with Gasteiger partial charge in [0.05, 0.1) is 6.57 Å². The Hall–Kier alpha value is -1.33. The number of nitrogens with one attached hydrogen (secondary N) is 1. The lowest BCUT2D eigenvalue weighted by Gasteiger charge is -2.20. The molecule has 80 valence electrons. The normalized spacial score (nSPS) is 11.1. The molecule has 0 spiro atoms. The maximum absolute atomic E-state index is 6.85. The van der Waals surface area contributed by atoms with E-state index >= 15 is 0 Å². The van der Waals surface area contributed by atoms with Gasteiger partial charge in [-0.15, -0.1) is 0 Å². The van der Waals surface area contributed by atoms with E-state index in [0.717, 1.165) is 13.0 Å². The molecule has 2 nitrogen and oxygen atoms in total. The molecule has 2 heteroatoms. The Balaban J connectivity index is 2.42. The van der Waals surface area contributed by atoms with Gasteiger partial charge in [-0.25, -0.2) is 4.85 Å². The SMILES string of the molecule is [C-]#[N+]c1ccc(CCNC(C)(C)C)cc1. The molecule has 15 heavy (non-hydrogen) atoms. The van der Waals surface area contributed by atoms with E-state index in [2.05, 4.69) is 30.9 Å². The Bertz CT molecular complexity index is 338. The highest BCUT2D eigenvalue weighted by Gasteiger charge is 2.07. The summed E-state index contributed by atoms with van der Waals surface area (Å²) in [6.45, 7) is 14.3. The highest BCUT2D eigenvalue weighted by atomic mass is 14.9. The molecule has 0 amide bonds. The Morgan fingerprint density at radius 3 is 2.27 bits per heavy atom. The molecular formula is C13H18N2. The van der Waals surface area contributed by atoms with Gasteiger partial charge in [0.25, 0.3) is 0 Å². The summed E-state index contributed by atoms with van der Waals surface area (Å²) in [5, 5.41) is 3.44. The summed E-state index contributed by atoms with van der Waals surface area (Å²) in [5.74, 6) is 0. The molecule has 0 aromatic heterocycles. The number of rotatable bonds is 3. The van der Waals surface area contributed by atoms with Crippen LogP contribution in [0.1, 0.15) is 26.3 Å². The lowest BCUT2D eigenvalue weighted by atomic mass is 10.1. The van der Waals surface area contributed by atoms with Crippen LogP contribution in [-0.2, 0) is 6.42 Å². The summed E-state index contributed by atoms with van der Waals surface area (Å²) >= 11 is 0. The van der Waals surface area contributed by atoms with E-state index < -0.39 is 0 Å². The molecule has 1 N–H and O–H groups in total. The predicted molar refractivity (Wildman–Crippen MR) is 64.2 cm³/mol. The van der Waals surface area contributed by atoms with Crippen molar-refractivity contribution in [1.29, 1.82) is 0 Å². The topological polar surface area (TPSA) is 16.4 Å². The lowest BCUT2D eigenvalue weighted by Crippen LogP contribution is -2.37. The number of hydrogen-bond acceptors (Lipinski definition) is 1. The fraction of sp³-hybridized carbons (Fsp3) is 0.462. The molecule has 0 saturated carbocycles. The quantitative estimate of drug-likeness (QED) is 0.745. The van der Waals surface area contributed by atoms with Gasteiger partial charge in [-0.3, -0.25) is 0 Å². The second-order valence-electron chi connectivity index (χ2n) is 4.71. The van der Waals surface area contributed by atoms with Gasteiger partial charge in [-0.1, -0.05) is 24.3 Å². The number of nitrogens with zero attached hydrogens (tertiary/aromatic N) is 1. The van der Waals surface area contributed by atoms with Gasteiger partial charge in [-0.2, -0.15) is 0 Å². The van der Waals surface area contributed by atoms with Crippen molar-refractivity contribution in [3.63, 3.8) is 0 Å². The number of benzene rings is 1. The smallest absolute Gasteiger partial charge is 0.187 e. The van der Waals surface area contributed by atoms with Crippen LogP contribution in [0.2, 0.25) is 0 Å². The Morgan fingerprint density at radius 1 is 1.20 bits per heavy atom. The third-order valence-corrected chi connectivity index (χ3v) is 2.13. The van der Waals surface area contributed by atoms with E-state index in [1.807, 2.05) is 24.3 Å². The largest absolute Gasteiger partial charge is 0.312 e. The van der Waals surface area contributed by atoms with Crippen LogP contribution < -0.4 is 5.32 Å². The molecule has 0 aliphatic carbocycles. The molecule has 0 heterocycles. The third kappa shape index (κ3) is 4.62. The van der Waals surface area contributed by atoms with E-state index in [-0.39, 0.29) is 5.54 Å². The van der Waals surface area contributed by atoms with Crippen molar-refractivity contribution in [3.8, 4) is 0 Å². The predicted octanol–water partition coefficient (Wildman–Crippen LogP) is 3.17. The van der Waals surface area contributed by atoms with Crippen LogP contribution in [0.4, 0.5) is 5.69 Å². The minimum atomic E-state index is 0.177. The van der Waals surface area contributed by atoms with E-state index in [4.69, 9.17) is 6.57 Å². The van der Waals surface area contributed by atoms with Gasteiger partial charge in [-0.05, 0) is 39.3 Å². The van der Waals surface area contributed by atoms with Crippen molar-refractivity contribution in [2.45, 2.75) is 32.7 Å². The lowest BCUT2D eigenvalue weighted by molar-refractivity contribution is 0.429. The van der Waals surface area contributed by atoms with Crippen LogP contribution in [0.15, 0.2) is 24.3 Å². The van der Waals surface area contributed by atoms with E-state index in [1.54, 1.807) is 0 Å². The Labute approximate surface area is 92.1 Å². The molecule has 0 atom stereocenters. The van der Waals surface area contributed by atoms with Gasteiger partial charge in [0.2, 0.25) is 0 Å². The van der Waals surface area contributed by atoms with Gasteiger partial charge in [0.1, 0.15) is 0 Å². The molecule has 1 aromatic carbocycles. The zero-order valence-corrected chi connectivity index (χ0v) is 9.67. The summed E-state index contributed by atoms with van der Waals surface area (Å²) in [6.07, 6.45) is 1.01. The molecule has 1 rings (SSSR count). The standard InChI is InChI=1S/C13H18N2/c1-13(2,3)15-10-9-11-5-7-12(14-4)8-6-11/h5-8,15H,9-10H2,1-3H3. The monoisotopic (exact) mass is 202 g/mol. The first-order valence-corrected chi connectivity index (χ1v) is 5.23. The van der Waals surface area contributed by atoms with Crippen molar-refractivity contribution < 1.29 is 0 Å². The summed E-state index contributed by atoms with van der Waals surface area (Å²) in [6, 6.07) is 7.80. The summed E-state index contributed by atoms with van der Waals surface area (Å²) in [7, 11) is 0. The first kappa shape index (κ1) is 11.7. The highest BCUT2D eigenvalue weighted by molar-refractivity contribution is 5.45. The van der Waals surface area contributed by atoms with Gasteiger partial charge >= 0.3 is 0 Å². The zero-order chi connectivity index (χ0) is 11.3. The zero-order valence-electron chi connectivity index (χ0n) is 9.67. The molecule has 0 unspecified atom stereocenters. The first-order valence-electron chi connectivity index (χ1n) is 5.23. The molecule has 0 aliphatic rings. The average Bonchev–Trinajstić information content (AvgIpc) is 2.17. The molecule has 1 aromatic rings. The highest BCUT2D eigenvalue weighted by Crippen LogP contribution is 2.12. The number of hydrogen-bond donors (Lipinski definition) is 1. The second-order valence-corrected chi connectivity index (χ2v) is 4.71. The molecule has 0 saturated heterocycles. The Kier molecular flexibility index (Phi) is 3.88. The van der Waals surface area contributed by atoms with E-state index in [9.17, 15) is 0 Å². The molecule has 0 aliphatic heterocycles. The van der Waals surface area contributed by atoms with Crippen LogP contribution in [-0.4, -0.2) is 12.1 Å². The van der Waals surface area contributed by atoms with Crippen molar-refractivity contribution in [3.05, 3.63) is 41.2 Å². The second kappa shape index (κ2) is 4.95. The maximum Gasteiger partial charge on any atom is 0.187 e. The summed E-state index contributed by atoms with van der Waals surface area (Å²) in [5.41, 5.74) is 2.16. The minimum Gasteiger partial charge on any atom is -0.312 e. The van der Waals surface area contributed by atoms with Crippen LogP contribution in [0.25, 0.3) is 4.85 Å². The Morgan fingerprint density at radius 2 is 1.80 bits per heavy atom. The van der Waals surface area contributed by atoms with Gasteiger partial charge < -0.3 is 5.32 Å². The van der Waals surface area contributed by atoms with Crippen molar-refractivity contribution in [1.82, 2.24) is 5.32 Å². The fourth-order valence-corrected chi connectivity index (χ4v) is 1.32. The maximum atomic E-state index is 6.85. The van der Waals surface area contributed by atoms with Crippen molar-refractivity contribution in [2.24, 2.45) is 0 Å². The fourth-order valence-electron chi connectivity index (χ4n) is 1.32. The third-order valence-electron chi connectivity index (χ3n) is 2.13. The van der Waals surface area contributed by atoms with Crippen LogP contribution in [0.5, 0.6) is 0 Å². The van der Waals surface area contributed by atoms with Gasteiger partial charge in [0, 0.05) is 5.54 Å². The van der Waals surface area contributed by atoms with E-state index in [1.165, 1.54) is 5.56 Å². The molecular weight excluding hydrogens is 184 g/mol. The van der Waals surface area contributed by atoms with Crippen LogP contribution in [0, 0.1) is 6.57 Å². The van der Waals surface area contributed by atoms with Crippen molar-refractivity contribution >= 4 is 5.69 Å². The van der Waals surface area contributed by atoms with E-state index in [0.29, 0.717) is 5.69 Å². The average molecular weight is 202 g/mol. The van der Waals surface area contributed by atoms with Crippen molar-refractivity contribution in [2.75, 3.05) is 6.54 Å². The molecule has 0 radical (unpaired) electrons. The molecule has 0 fully saturated rings. The van der Waals surface area contributed by atoms with Gasteiger partial charge in [0.15, 0.2) is 5.69 Å².